The molecule has 1 fully saturated rings. The van der Waals surface area contributed by atoms with E-state index in [0.717, 1.165) is 22.1 Å². The van der Waals surface area contributed by atoms with E-state index < -0.39 is 11.7 Å². The molecule has 5 nitrogen and oxygen atoms in total. The first kappa shape index (κ1) is 18.8. The van der Waals surface area contributed by atoms with E-state index in [1.165, 1.54) is 6.07 Å². The van der Waals surface area contributed by atoms with E-state index in [1.54, 1.807) is 11.0 Å². The summed E-state index contributed by atoms with van der Waals surface area (Å²) in [5.41, 5.74) is -0.153. The van der Waals surface area contributed by atoms with Gasteiger partial charge in [0.15, 0.2) is 5.76 Å². The third kappa shape index (κ3) is 3.58. The van der Waals surface area contributed by atoms with Gasteiger partial charge in [-0.25, -0.2) is 4.98 Å². The van der Waals surface area contributed by atoms with Crippen LogP contribution >= 0.6 is 15.9 Å². The van der Waals surface area contributed by atoms with Crippen molar-refractivity contribution in [2.45, 2.75) is 6.18 Å². The smallest absolute Gasteiger partial charge is 0.417 e. The maximum Gasteiger partial charge on any atom is 0.417 e. The van der Waals surface area contributed by atoms with Crippen LogP contribution in [0.2, 0.25) is 0 Å². The Morgan fingerprint density at radius 3 is 2.46 bits per heavy atom. The van der Waals surface area contributed by atoms with E-state index >= 15 is 0 Å². The molecule has 0 saturated carbocycles. The number of hydrogen-bond donors (Lipinski definition) is 0. The quantitative estimate of drug-likeness (QED) is 0.570. The van der Waals surface area contributed by atoms with Crippen molar-refractivity contribution in [2.24, 2.45) is 0 Å². The van der Waals surface area contributed by atoms with Crippen LogP contribution in [0, 0.1) is 0 Å². The molecule has 1 saturated heterocycles. The largest absolute Gasteiger partial charge is 0.450 e. The normalized spacial score (nSPS) is 15.3. The number of furan rings is 1. The van der Waals surface area contributed by atoms with Gasteiger partial charge in [0, 0.05) is 37.8 Å². The Labute approximate surface area is 166 Å². The highest BCUT2D eigenvalue weighted by molar-refractivity contribution is 9.10. The van der Waals surface area contributed by atoms with Crippen molar-refractivity contribution >= 4 is 38.6 Å². The summed E-state index contributed by atoms with van der Waals surface area (Å²) in [6, 6.07) is 9.67. The predicted octanol–water partition coefficient (Wildman–Crippen LogP) is 4.57. The highest BCUT2D eigenvalue weighted by atomic mass is 79.9. The summed E-state index contributed by atoms with van der Waals surface area (Å²) in [5.74, 6) is 0.527. The zero-order chi connectivity index (χ0) is 19.9. The molecule has 1 aromatic carbocycles. The number of rotatable bonds is 2. The van der Waals surface area contributed by atoms with Crippen LogP contribution in [-0.4, -0.2) is 42.0 Å². The zero-order valence-corrected chi connectivity index (χ0v) is 16.1. The van der Waals surface area contributed by atoms with Crippen LogP contribution < -0.4 is 4.90 Å². The number of aromatic nitrogens is 1. The Balaban J connectivity index is 1.43. The first-order chi connectivity index (χ1) is 13.3. The number of alkyl halides is 3. The van der Waals surface area contributed by atoms with Gasteiger partial charge in [0.05, 0.1) is 10.0 Å². The van der Waals surface area contributed by atoms with E-state index in [1.807, 2.05) is 23.1 Å². The Kier molecular flexibility index (Phi) is 4.78. The second-order valence-corrected chi connectivity index (χ2v) is 7.31. The van der Waals surface area contributed by atoms with Gasteiger partial charge in [-0.1, -0.05) is 12.1 Å². The van der Waals surface area contributed by atoms with Gasteiger partial charge in [-0.15, -0.1) is 0 Å². The minimum absolute atomic E-state index is 0.205. The first-order valence-electron chi connectivity index (χ1n) is 8.58. The number of nitrogens with zero attached hydrogens (tertiary/aromatic N) is 3. The summed E-state index contributed by atoms with van der Waals surface area (Å²) in [5, 5.41) is 0.838. The molecular formula is C19H15BrF3N3O2. The number of carbonyl (C=O) groups is 1. The monoisotopic (exact) mass is 453 g/mol. The lowest BCUT2D eigenvalue weighted by molar-refractivity contribution is -0.137. The van der Waals surface area contributed by atoms with Crippen LogP contribution in [0.3, 0.4) is 0 Å². The second kappa shape index (κ2) is 7.12. The van der Waals surface area contributed by atoms with Crippen molar-refractivity contribution in [2.75, 3.05) is 31.1 Å². The lowest BCUT2D eigenvalue weighted by atomic mass is 10.2. The highest BCUT2D eigenvalue weighted by Gasteiger charge is 2.31. The molecule has 9 heteroatoms. The molecule has 2 aromatic heterocycles. The van der Waals surface area contributed by atoms with Crippen molar-refractivity contribution < 1.29 is 22.4 Å². The summed E-state index contributed by atoms with van der Waals surface area (Å²) in [6.07, 6.45) is -3.57. The van der Waals surface area contributed by atoms with Crippen molar-refractivity contribution in [3.8, 4) is 0 Å². The fraction of sp³-hybridized carbons (Fsp3) is 0.263. The summed E-state index contributed by atoms with van der Waals surface area (Å²) >= 11 is 3.40. The van der Waals surface area contributed by atoms with Gasteiger partial charge in [0.25, 0.3) is 5.91 Å². The van der Waals surface area contributed by atoms with E-state index in [-0.39, 0.29) is 11.7 Å². The number of pyridine rings is 1. The van der Waals surface area contributed by atoms with Gasteiger partial charge < -0.3 is 14.2 Å². The molecule has 1 aliphatic heterocycles. The van der Waals surface area contributed by atoms with Crippen LogP contribution in [0.15, 0.2) is 51.5 Å². The Hall–Kier alpha value is -2.55. The maximum absolute atomic E-state index is 12.7. The molecule has 3 heterocycles. The Morgan fingerprint density at radius 1 is 1.11 bits per heavy atom. The van der Waals surface area contributed by atoms with Crippen LogP contribution in [-0.2, 0) is 6.18 Å². The fourth-order valence-corrected chi connectivity index (χ4v) is 3.63. The molecule has 4 rings (SSSR count). The number of amides is 1. The molecule has 1 amide bonds. The van der Waals surface area contributed by atoms with Gasteiger partial charge in [0.2, 0.25) is 0 Å². The number of hydrogen-bond acceptors (Lipinski definition) is 4. The van der Waals surface area contributed by atoms with Crippen molar-refractivity contribution in [1.82, 2.24) is 9.88 Å². The molecule has 1 aliphatic rings. The molecule has 0 aliphatic carbocycles. The number of benzene rings is 1. The zero-order valence-electron chi connectivity index (χ0n) is 14.5. The lowest BCUT2D eigenvalue weighted by Gasteiger charge is -2.35. The molecule has 0 spiro atoms. The number of piperazine rings is 1. The Morgan fingerprint density at radius 2 is 1.86 bits per heavy atom. The topological polar surface area (TPSA) is 49.6 Å². The van der Waals surface area contributed by atoms with Gasteiger partial charge in [-0.2, -0.15) is 13.2 Å². The molecule has 0 radical (unpaired) electrons. The maximum atomic E-state index is 12.7. The third-order valence-corrected chi connectivity index (χ3v) is 5.30. The number of fused-ring (bicyclic) bond motifs is 1. The molecule has 146 valence electrons. The lowest BCUT2D eigenvalue weighted by Crippen LogP contribution is -2.49. The molecule has 0 N–H and O–H groups in total. The SMILES string of the molecule is O=C(c1cc2cccc(Br)c2o1)N1CCN(c2ccc(C(F)(F)F)cn2)CC1. The first-order valence-corrected chi connectivity index (χ1v) is 9.38. The summed E-state index contributed by atoms with van der Waals surface area (Å²) in [4.78, 5) is 20.2. The van der Waals surface area contributed by atoms with Gasteiger partial charge >= 0.3 is 6.18 Å². The molecule has 0 unspecified atom stereocenters. The Bertz CT molecular complexity index is 1010. The van der Waals surface area contributed by atoms with Crippen LogP contribution in [0.5, 0.6) is 0 Å². The fourth-order valence-electron chi connectivity index (χ4n) is 3.17. The van der Waals surface area contributed by atoms with Crippen molar-refractivity contribution in [1.29, 1.82) is 0 Å². The van der Waals surface area contributed by atoms with Gasteiger partial charge in [0.1, 0.15) is 11.4 Å². The number of anilines is 1. The minimum Gasteiger partial charge on any atom is -0.450 e. The van der Waals surface area contributed by atoms with Gasteiger partial charge in [-0.3, -0.25) is 4.79 Å². The molecular weight excluding hydrogens is 439 g/mol. The second-order valence-electron chi connectivity index (χ2n) is 6.45. The summed E-state index contributed by atoms with van der Waals surface area (Å²) in [7, 11) is 0. The standard InChI is InChI=1S/C19H15BrF3N3O2/c20-14-3-1-2-12-10-15(28-17(12)14)18(27)26-8-6-25(7-9-26)16-5-4-13(11-24-16)19(21,22)23/h1-5,10-11H,6-9H2. The number of halogens is 4. The predicted molar refractivity (Wildman–Crippen MR) is 101 cm³/mol. The summed E-state index contributed by atoms with van der Waals surface area (Å²) in [6.45, 7) is 1.82. The van der Waals surface area contributed by atoms with Crippen LogP contribution in [0.1, 0.15) is 16.1 Å². The van der Waals surface area contributed by atoms with Crippen molar-refractivity contribution in [3.05, 3.63) is 58.4 Å². The van der Waals surface area contributed by atoms with Crippen LogP contribution in [0.4, 0.5) is 19.0 Å². The minimum atomic E-state index is -4.40. The van der Waals surface area contributed by atoms with E-state index in [4.69, 9.17) is 4.42 Å². The van der Waals surface area contributed by atoms with Crippen molar-refractivity contribution in [3.63, 3.8) is 0 Å². The number of para-hydroxylation sites is 1. The summed E-state index contributed by atoms with van der Waals surface area (Å²) < 4.78 is 44.4. The molecule has 28 heavy (non-hydrogen) atoms. The molecule has 0 atom stereocenters. The van der Waals surface area contributed by atoms with Gasteiger partial charge in [-0.05, 0) is 40.2 Å². The highest BCUT2D eigenvalue weighted by Crippen LogP contribution is 2.30. The molecule has 3 aromatic rings. The number of carbonyl (C=O) groups excluding carboxylic acids is 1. The van der Waals surface area contributed by atoms with Crippen LogP contribution in [0.25, 0.3) is 11.0 Å². The van der Waals surface area contributed by atoms with E-state index in [2.05, 4.69) is 20.9 Å². The average molecular weight is 454 g/mol. The van der Waals surface area contributed by atoms with E-state index in [9.17, 15) is 18.0 Å². The average Bonchev–Trinajstić information content (AvgIpc) is 3.13. The molecule has 0 bridgehead atoms. The third-order valence-electron chi connectivity index (χ3n) is 4.67. The van der Waals surface area contributed by atoms with E-state index in [0.29, 0.717) is 37.6 Å².